The monoisotopic (exact) mass is 482 g/mol. The average Bonchev–Trinajstić information content (AvgIpc) is 3.22. The van der Waals surface area contributed by atoms with Crippen LogP contribution in [0.1, 0.15) is 32.4 Å². The number of primary amides is 2. The fourth-order valence-electron chi connectivity index (χ4n) is 2.87. The van der Waals surface area contributed by atoms with Crippen LogP contribution in [-0.4, -0.2) is 74.7 Å². The predicted molar refractivity (Wildman–Crippen MR) is 116 cm³/mol. The lowest BCUT2D eigenvalue weighted by Crippen LogP contribution is -2.59. The van der Waals surface area contributed by atoms with E-state index in [2.05, 4.69) is 20.6 Å². The van der Waals surface area contributed by atoms with E-state index in [0.717, 1.165) is 0 Å². The lowest BCUT2D eigenvalue weighted by atomic mass is 10.0. The fourth-order valence-corrected chi connectivity index (χ4v) is 2.87. The van der Waals surface area contributed by atoms with Crippen LogP contribution in [-0.2, 0) is 35.2 Å². The molecule has 0 saturated heterocycles. The van der Waals surface area contributed by atoms with E-state index in [1.54, 1.807) is 13.8 Å². The highest BCUT2D eigenvalue weighted by molar-refractivity contribution is 5.96. The highest BCUT2D eigenvalue weighted by Crippen LogP contribution is 2.06. The third-order valence-electron chi connectivity index (χ3n) is 4.64. The van der Waals surface area contributed by atoms with Gasteiger partial charge in [-0.15, -0.1) is 0 Å². The first-order chi connectivity index (χ1) is 15.8. The maximum Gasteiger partial charge on any atom is 0.326 e. The number of aromatic nitrogens is 2. The Balaban J connectivity index is 2.92. The Labute approximate surface area is 194 Å². The molecule has 0 aromatic carbocycles. The number of carbonyl (C=O) groups is 6. The molecule has 0 radical (unpaired) electrons. The summed E-state index contributed by atoms with van der Waals surface area (Å²) in [5, 5.41) is 16.0. The van der Waals surface area contributed by atoms with Gasteiger partial charge in [-0.2, -0.15) is 0 Å². The van der Waals surface area contributed by atoms with E-state index in [4.69, 9.17) is 22.3 Å². The van der Waals surface area contributed by atoms with Gasteiger partial charge in [-0.05, 0) is 5.92 Å². The molecule has 15 heteroatoms. The van der Waals surface area contributed by atoms with Crippen molar-refractivity contribution >= 4 is 35.5 Å². The van der Waals surface area contributed by atoms with E-state index in [-0.39, 0.29) is 6.42 Å². The van der Waals surface area contributed by atoms with Gasteiger partial charge in [-0.3, -0.25) is 24.0 Å². The Hall–Kier alpha value is -4.01. The number of carboxylic acids is 1. The zero-order chi connectivity index (χ0) is 26.0. The van der Waals surface area contributed by atoms with Gasteiger partial charge in [0.15, 0.2) is 0 Å². The van der Waals surface area contributed by atoms with Gasteiger partial charge in [0.1, 0.15) is 18.1 Å². The number of nitrogens with zero attached hydrogens (tertiary/aromatic N) is 1. The van der Waals surface area contributed by atoms with E-state index in [1.807, 2.05) is 5.32 Å². The van der Waals surface area contributed by atoms with E-state index < -0.39 is 78.4 Å². The van der Waals surface area contributed by atoms with Gasteiger partial charge >= 0.3 is 5.97 Å². The number of nitrogens with one attached hydrogen (secondary N) is 4. The summed E-state index contributed by atoms with van der Waals surface area (Å²) in [6.07, 6.45) is 1.67. The summed E-state index contributed by atoms with van der Waals surface area (Å²) in [6.45, 7) is 3.25. The molecule has 0 spiro atoms. The molecule has 5 amide bonds. The van der Waals surface area contributed by atoms with E-state index in [9.17, 15) is 28.8 Å². The zero-order valence-electron chi connectivity index (χ0n) is 18.7. The summed E-state index contributed by atoms with van der Waals surface area (Å²) in [5.41, 5.74) is 16.6. The molecule has 0 fully saturated rings. The van der Waals surface area contributed by atoms with Crippen molar-refractivity contribution in [3.05, 3.63) is 18.2 Å². The van der Waals surface area contributed by atoms with E-state index in [0.29, 0.717) is 5.69 Å². The molecule has 0 aliphatic rings. The molecule has 1 rings (SSSR count). The average molecular weight is 482 g/mol. The van der Waals surface area contributed by atoms with Crippen LogP contribution in [0.2, 0.25) is 0 Å². The number of aromatic amines is 1. The van der Waals surface area contributed by atoms with E-state index >= 15 is 0 Å². The summed E-state index contributed by atoms with van der Waals surface area (Å²) in [6, 6.07) is -5.41. The third kappa shape index (κ3) is 9.23. The minimum atomic E-state index is -1.68. The SMILES string of the molecule is CC(C)C(NC(=O)C(N)Cc1cnc[nH]1)C(=O)NC(CC(N)=O)C(=O)NC(CC(N)=O)C(=O)O. The Morgan fingerprint density at radius 3 is 1.97 bits per heavy atom. The normalized spacial score (nSPS) is 14.4. The Morgan fingerprint density at radius 1 is 0.941 bits per heavy atom. The fraction of sp³-hybridized carbons (Fsp3) is 0.526. The number of hydrogen-bond acceptors (Lipinski definition) is 8. The molecule has 0 saturated carbocycles. The molecular formula is C19H30N8O7. The summed E-state index contributed by atoms with van der Waals surface area (Å²) < 4.78 is 0. The number of nitrogens with two attached hydrogens (primary N) is 3. The maximum absolute atomic E-state index is 12.8. The standard InChI is InChI=1S/C19H30N8O7/c1-8(2)15(27-16(30)10(20)3-9-6-23-7-24-9)18(32)25-11(4-13(21)28)17(31)26-12(19(33)34)5-14(22)29/h6-8,10-12,15H,3-5,20H2,1-2H3,(H2,21,28)(H2,22,29)(H,23,24)(H,25,32)(H,26,31)(H,27,30)(H,33,34). The number of carboxylic acid groups (broad SMARTS) is 1. The second-order valence-corrected chi connectivity index (χ2v) is 7.92. The van der Waals surface area contributed by atoms with Gasteiger partial charge in [0, 0.05) is 18.3 Å². The summed E-state index contributed by atoms with van der Waals surface area (Å²) in [5.74, 6) is -6.51. The molecule has 4 unspecified atom stereocenters. The van der Waals surface area contributed by atoms with Crippen LogP contribution < -0.4 is 33.2 Å². The summed E-state index contributed by atoms with van der Waals surface area (Å²) in [7, 11) is 0. The molecule has 0 bridgehead atoms. The number of hydrogen-bond donors (Lipinski definition) is 8. The van der Waals surface area contributed by atoms with Crippen molar-refractivity contribution in [2.75, 3.05) is 0 Å². The molecule has 1 heterocycles. The van der Waals surface area contributed by atoms with Crippen molar-refractivity contribution in [2.24, 2.45) is 23.1 Å². The van der Waals surface area contributed by atoms with Crippen molar-refractivity contribution in [3.63, 3.8) is 0 Å². The molecule has 188 valence electrons. The number of H-pyrrole nitrogens is 1. The van der Waals surface area contributed by atoms with Crippen LogP contribution in [0, 0.1) is 5.92 Å². The van der Waals surface area contributed by atoms with Crippen molar-refractivity contribution in [3.8, 4) is 0 Å². The first kappa shape index (κ1) is 28.0. The maximum atomic E-state index is 12.8. The molecule has 34 heavy (non-hydrogen) atoms. The Bertz CT molecular complexity index is 902. The van der Waals surface area contributed by atoms with Gasteiger partial charge in [0.05, 0.1) is 25.2 Å². The number of rotatable bonds is 14. The lowest BCUT2D eigenvalue weighted by Gasteiger charge is -2.26. The highest BCUT2D eigenvalue weighted by atomic mass is 16.4. The largest absolute Gasteiger partial charge is 0.480 e. The number of imidazole rings is 1. The second kappa shape index (κ2) is 12.9. The minimum absolute atomic E-state index is 0.126. The lowest BCUT2D eigenvalue weighted by molar-refractivity contribution is -0.144. The number of carbonyl (C=O) groups excluding carboxylic acids is 5. The van der Waals surface area contributed by atoms with Crippen molar-refractivity contribution in [1.29, 1.82) is 0 Å². The molecule has 4 atom stereocenters. The minimum Gasteiger partial charge on any atom is -0.480 e. The van der Waals surface area contributed by atoms with Crippen molar-refractivity contribution in [2.45, 2.75) is 57.3 Å². The Morgan fingerprint density at radius 2 is 1.50 bits per heavy atom. The van der Waals surface area contributed by atoms with Crippen LogP contribution in [0.4, 0.5) is 0 Å². The van der Waals surface area contributed by atoms with Crippen LogP contribution in [0.25, 0.3) is 0 Å². The van der Waals surface area contributed by atoms with Gasteiger partial charge in [0.2, 0.25) is 29.5 Å². The number of amides is 5. The van der Waals surface area contributed by atoms with Gasteiger partial charge in [-0.25, -0.2) is 9.78 Å². The Kier molecular flexibility index (Phi) is 10.6. The molecule has 11 N–H and O–H groups in total. The molecule has 1 aromatic rings. The van der Waals surface area contributed by atoms with Gasteiger partial charge in [0.25, 0.3) is 0 Å². The van der Waals surface area contributed by atoms with Crippen LogP contribution in [0.5, 0.6) is 0 Å². The second-order valence-electron chi connectivity index (χ2n) is 7.92. The molecule has 0 aliphatic carbocycles. The van der Waals surface area contributed by atoms with Gasteiger partial charge < -0.3 is 43.2 Å². The first-order valence-corrected chi connectivity index (χ1v) is 10.2. The zero-order valence-corrected chi connectivity index (χ0v) is 18.7. The van der Waals surface area contributed by atoms with Crippen LogP contribution in [0.15, 0.2) is 12.5 Å². The smallest absolute Gasteiger partial charge is 0.326 e. The molecule has 1 aromatic heterocycles. The molecule has 15 nitrogen and oxygen atoms in total. The third-order valence-corrected chi connectivity index (χ3v) is 4.64. The van der Waals surface area contributed by atoms with Crippen LogP contribution in [0.3, 0.4) is 0 Å². The van der Waals surface area contributed by atoms with Crippen molar-refractivity contribution < 1.29 is 33.9 Å². The topological polar surface area (TPSA) is 265 Å². The highest BCUT2D eigenvalue weighted by Gasteiger charge is 2.32. The summed E-state index contributed by atoms with van der Waals surface area (Å²) in [4.78, 5) is 78.3. The van der Waals surface area contributed by atoms with Crippen LogP contribution >= 0.6 is 0 Å². The number of aliphatic carboxylic acids is 1. The molecular weight excluding hydrogens is 452 g/mol. The molecule has 0 aliphatic heterocycles. The summed E-state index contributed by atoms with van der Waals surface area (Å²) >= 11 is 0. The van der Waals surface area contributed by atoms with E-state index in [1.165, 1.54) is 12.5 Å². The van der Waals surface area contributed by atoms with Gasteiger partial charge in [-0.1, -0.05) is 13.8 Å². The predicted octanol–water partition coefficient (Wildman–Crippen LogP) is -3.77. The quantitative estimate of drug-likeness (QED) is 0.129. The first-order valence-electron chi connectivity index (χ1n) is 10.2. The van der Waals surface area contributed by atoms with Crippen molar-refractivity contribution in [1.82, 2.24) is 25.9 Å².